The smallest absolute Gasteiger partial charge is 0.292 e. The molecule has 1 aromatic rings. The Morgan fingerprint density at radius 1 is 1.42 bits per heavy atom. The molecular weight excluding hydrogens is 244 g/mol. The maximum Gasteiger partial charge on any atom is 0.292 e. The van der Waals surface area contributed by atoms with E-state index in [4.69, 9.17) is 4.74 Å². The molecule has 0 unspecified atom stereocenters. The van der Waals surface area contributed by atoms with Crippen LogP contribution in [0.3, 0.4) is 0 Å². The summed E-state index contributed by atoms with van der Waals surface area (Å²) in [4.78, 5) is 10.7. The Morgan fingerprint density at radius 2 is 2.11 bits per heavy atom. The van der Waals surface area contributed by atoms with Gasteiger partial charge in [0.2, 0.25) is 0 Å². The van der Waals surface area contributed by atoms with Crippen molar-refractivity contribution >= 4 is 11.4 Å². The molecule has 1 saturated heterocycles. The minimum Gasteiger partial charge on any atom is -0.381 e. The van der Waals surface area contributed by atoms with Crippen molar-refractivity contribution in [1.29, 1.82) is 0 Å². The summed E-state index contributed by atoms with van der Waals surface area (Å²) < 4.78 is 5.37. The monoisotopic (exact) mass is 264 g/mol. The van der Waals surface area contributed by atoms with Gasteiger partial charge in [-0.05, 0) is 30.7 Å². The molecule has 0 atom stereocenters. The van der Waals surface area contributed by atoms with Crippen LogP contribution in [0.5, 0.6) is 0 Å². The van der Waals surface area contributed by atoms with Gasteiger partial charge in [-0.15, -0.1) is 0 Å². The quantitative estimate of drug-likeness (QED) is 0.670. The van der Waals surface area contributed by atoms with E-state index in [0.717, 1.165) is 38.2 Å². The fraction of sp³-hybridized carbons (Fsp3) is 0.571. The largest absolute Gasteiger partial charge is 0.381 e. The lowest BCUT2D eigenvalue weighted by Gasteiger charge is -2.34. The molecule has 104 valence electrons. The van der Waals surface area contributed by atoms with Gasteiger partial charge in [-0.25, -0.2) is 0 Å². The summed E-state index contributed by atoms with van der Waals surface area (Å²) in [5.74, 6) is 0. The number of aryl methyl sites for hydroxylation is 1. The topological polar surface area (TPSA) is 64.4 Å². The highest BCUT2D eigenvalue weighted by Crippen LogP contribution is 2.33. The Kier molecular flexibility index (Phi) is 4.04. The van der Waals surface area contributed by atoms with E-state index in [-0.39, 0.29) is 16.0 Å². The lowest BCUT2D eigenvalue weighted by molar-refractivity contribution is -0.384. The number of hydrogen-bond acceptors (Lipinski definition) is 4. The van der Waals surface area contributed by atoms with E-state index in [1.807, 2.05) is 13.0 Å². The third kappa shape index (κ3) is 3.23. The van der Waals surface area contributed by atoms with Crippen molar-refractivity contribution in [2.24, 2.45) is 5.41 Å². The van der Waals surface area contributed by atoms with Crippen molar-refractivity contribution in [2.45, 2.75) is 26.7 Å². The highest BCUT2D eigenvalue weighted by Gasteiger charge is 2.28. The summed E-state index contributed by atoms with van der Waals surface area (Å²) in [6.07, 6.45) is 1.97. The zero-order valence-corrected chi connectivity index (χ0v) is 11.4. The van der Waals surface area contributed by atoms with Crippen LogP contribution in [0.25, 0.3) is 0 Å². The van der Waals surface area contributed by atoms with Crippen molar-refractivity contribution in [1.82, 2.24) is 0 Å². The molecule has 1 aliphatic rings. The van der Waals surface area contributed by atoms with Crippen LogP contribution in [-0.4, -0.2) is 24.7 Å². The lowest BCUT2D eigenvalue weighted by Crippen LogP contribution is -2.33. The van der Waals surface area contributed by atoms with Crippen molar-refractivity contribution in [2.75, 3.05) is 25.1 Å². The van der Waals surface area contributed by atoms with E-state index < -0.39 is 0 Å². The molecule has 1 fully saturated rings. The van der Waals surface area contributed by atoms with Gasteiger partial charge >= 0.3 is 0 Å². The minimum atomic E-state index is -0.332. The number of rotatable bonds is 4. The van der Waals surface area contributed by atoms with Crippen molar-refractivity contribution < 1.29 is 9.66 Å². The maximum atomic E-state index is 11.1. The van der Waals surface area contributed by atoms with Crippen LogP contribution in [0, 0.1) is 22.5 Å². The summed E-state index contributed by atoms with van der Waals surface area (Å²) in [6, 6.07) is 5.15. The summed E-state index contributed by atoms with van der Waals surface area (Å²) in [5, 5.41) is 14.3. The van der Waals surface area contributed by atoms with Crippen LogP contribution in [-0.2, 0) is 4.74 Å². The Hall–Kier alpha value is -1.62. The third-order valence-electron chi connectivity index (χ3n) is 3.84. The number of anilines is 1. The highest BCUT2D eigenvalue weighted by atomic mass is 16.6. The van der Waals surface area contributed by atoms with Gasteiger partial charge < -0.3 is 10.1 Å². The summed E-state index contributed by atoms with van der Waals surface area (Å²) in [7, 11) is 0. The normalized spacial score (nSPS) is 18.0. The second-order valence-corrected chi connectivity index (χ2v) is 5.50. The van der Waals surface area contributed by atoms with Crippen molar-refractivity contribution in [3.63, 3.8) is 0 Å². The number of nitrogens with zero attached hydrogens (tertiary/aromatic N) is 1. The fourth-order valence-corrected chi connectivity index (χ4v) is 2.38. The van der Waals surface area contributed by atoms with Crippen LogP contribution in [0.1, 0.15) is 25.3 Å². The molecule has 0 spiro atoms. The number of nitro groups is 1. The molecule has 1 aromatic carbocycles. The molecule has 1 aliphatic heterocycles. The first-order chi connectivity index (χ1) is 9.02. The molecule has 1 N–H and O–H groups in total. The zero-order valence-electron chi connectivity index (χ0n) is 11.4. The molecule has 0 aromatic heterocycles. The number of nitro benzene ring substituents is 1. The van der Waals surface area contributed by atoms with E-state index in [1.54, 1.807) is 12.1 Å². The standard InChI is InChI=1S/C14H20N2O3/c1-11-4-3-5-12(16(17)18)13(11)15-10-14(2)6-8-19-9-7-14/h3-5,15H,6-10H2,1-2H3. The Morgan fingerprint density at radius 3 is 2.74 bits per heavy atom. The Labute approximate surface area is 113 Å². The molecule has 5 heteroatoms. The van der Waals surface area contributed by atoms with Gasteiger partial charge in [-0.3, -0.25) is 10.1 Å². The molecule has 0 bridgehead atoms. The van der Waals surface area contributed by atoms with Crippen LogP contribution in [0.2, 0.25) is 0 Å². The molecule has 0 amide bonds. The van der Waals surface area contributed by atoms with Gasteiger partial charge in [0.1, 0.15) is 5.69 Å². The Bertz CT molecular complexity index is 468. The predicted molar refractivity (Wildman–Crippen MR) is 74.5 cm³/mol. The van der Waals surface area contributed by atoms with E-state index in [0.29, 0.717) is 5.69 Å². The average molecular weight is 264 g/mol. The highest BCUT2D eigenvalue weighted by molar-refractivity contribution is 5.66. The summed E-state index contributed by atoms with van der Waals surface area (Å²) in [5.41, 5.74) is 1.84. The SMILES string of the molecule is Cc1cccc([N+](=O)[O-])c1NCC1(C)CCOCC1. The number of nitrogens with one attached hydrogen (secondary N) is 1. The van der Waals surface area contributed by atoms with E-state index in [9.17, 15) is 10.1 Å². The first-order valence-electron chi connectivity index (χ1n) is 6.57. The van der Waals surface area contributed by atoms with Gasteiger partial charge in [0, 0.05) is 25.8 Å². The predicted octanol–water partition coefficient (Wildman–Crippen LogP) is 3.13. The first kappa shape index (κ1) is 13.8. The molecule has 0 aliphatic carbocycles. The van der Waals surface area contributed by atoms with E-state index in [1.165, 1.54) is 0 Å². The number of benzene rings is 1. The lowest BCUT2D eigenvalue weighted by atomic mass is 9.82. The van der Waals surface area contributed by atoms with Gasteiger partial charge in [-0.2, -0.15) is 0 Å². The van der Waals surface area contributed by atoms with Gasteiger partial charge in [0.25, 0.3) is 5.69 Å². The molecule has 19 heavy (non-hydrogen) atoms. The van der Waals surface area contributed by atoms with Crippen LogP contribution in [0.15, 0.2) is 18.2 Å². The van der Waals surface area contributed by atoms with Gasteiger partial charge in [0.05, 0.1) is 4.92 Å². The van der Waals surface area contributed by atoms with Crippen LogP contribution < -0.4 is 5.32 Å². The summed E-state index contributed by atoms with van der Waals surface area (Å²) >= 11 is 0. The van der Waals surface area contributed by atoms with Crippen molar-refractivity contribution in [3.05, 3.63) is 33.9 Å². The van der Waals surface area contributed by atoms with Crippen molar-refractivity contribution in [3.8, 4) is 0 Å². The zero-order chi connectivity index (χ0) is 13.9. The molecule has 0 saturated carbocycles. The summed E-state index contributed by atoms with van der Waals surface area (Å²) in [6.45, 7) is 6.37. The second kappa shape index (κ2) is 5.57. The average Bonchev–Trinajstić information content (AvgIpc) is 2.38. The number of ether oxygens (including phenoxy) is 1. The molecule has 5 nitrogen and oxygen atoms in total. The number of hydrogen-bond donors (Lipinski definition) is 1. The van der Waals surface area contributed by atoms with Gasteiger partial charge in [-0.1, -0.05) is 19.1 Å². The minimum absolute atomic E-state index is 0.147. The third-order valence-corrected chi connectivity index (χ3v) is 3.84. The number of para-hydroxylation sites is 1. The van der Waals surface area contributed by atoms with Crippen LogP contribution in [0.4, 0.5) is 11.4 Å². The van der Waals surface area contributed by atoms with E-state index >= 15 is 0 Å². The second-order valence-electron chi connectivity index (χ2n) is 5.50. The molecule has 0 radical (unpaired) electrons. The van der Waals surface area contributed by atoms with Crippen LogP contribution >= 0.6 is 0 Å². The molecule has 1 heterocycles. The first-order valence-corrected chi connectivity index (χ1v) is 6.57. The maximum absolute atomic E-state index is 11.1. The fourth-order valence-electron chi connectivity index (χ4n) is 2.38. The van der Waals surface area contributed by atoms with Gasteiger partial charge in [0.15, 0.2) is 0 Å². The molecule has 2 rings (SSSR count). The van der Waals surface area contributed by atoms with E-state index in [2.05, 4.69) is 12.2 Å². The molecular formula is C14H20N2O3. The Balaban J connectivity index is 2.12.